The fraction of sp³-hybridized carbons (Fsp3) is 0.538. The van der Waals surface area contributed by atoms with Gasteiger partial charge in [-0.3, -0.25) is 9.78 Å². The molecule has 0 bridgehead atoms. The molecule has 1 heterocycles. The van der Waals surface area contributed by atoms with E-state index in [0.717, 1.165) is 5.56 Å². The maximum absolute atomic E-state index is 11.3. The first-order valence-corrected chi connectivity index (χ1v) is 5.75. The highest BCUT2D eigenvalue weighted by molar-refractivity contribution is 5.91. The number of hydrogen-bond acceptors (Lipinski definition) is 2. The van der Waals surface area contributed by atoms with Crippen molar-refractivity contribution in [3.8, 4) is 0 Å². The van der Waals surface area contributed by atoms with Gasteiger partial charge < -0.3 is 4.90 Å². The van der Waals surface area contributed by atoms with Crippen LogP contribution in [0.3, 0.4) is 0 Å². The van der Waals surface area contributed by atoms with Gasteiger partial charge in [0.1, 0.15) is 5.69 Å². The molecule has 0 unspecified atom stereocenters. The lowest BCUT2D eigenvalue weighted by Crippen LogP contribution is -2.22. The third kappa shape index (κ3) is 6.17. The van der Waals surface area contributed by atoms with Crippen LogP contribution in [0.1, 0.15) is 43.7 Å². The van der Waals surface area contributed by atoms with Gasteiger partial charge in [-0.05, 0) is 18.6 Å². The first kappa shape index (κ1) is 17.0. The highest BCUT2D eigenvalue weighted by atomic mass is 16.2. The molecule has 0 fully saturated rings. The fourth-order valence-electron chi connectivity index (χ4n) is 0.823. The number of hydrogen-bond donors (Lipinski definition) is 0. The second-order valence-corrected chi connectivity index (χ2v) is 2.92. The Morgan fingerprint density at radius 1 is 1.12 bits per heavy atom. The molecule has 0 saturated carbocycles. The highest BCUT2D eigenvalue weighted by Crippen LogP contribution is 2.00. The number of rotatable bonds is 1. The van der Waals surface area contributed by atoms with Gasteiger partial charge in [-0.2, -0.15) is 0 Å². The second-order valence-electron chi connectivity index (χ2n) is 2.92. The Morgan fingerprint density at radius 2 is 1.62 bits per heavy atom. The van der Waals surface area contributed by atoms with Gasteiger partial charge >= 0.3 is 0 Å². The molecule has 16 heavy (non-hydrogen) atoms. The minimum atomic E-state index is -0.0602. The van der Waals surface area contributed by atoms with Crippen molar-refractivity contribution >= 4 is 5.91 Å². The van der Waals surface area contributed by atoms with Crippen molar-refractivity contribution in [3.05, 3.63) is 29.6 Å². The number of carbonyl (C=O) groups excluding carboxylic acids is 1. The highest BCUT2D eigenvalue weighted by Gasteiger charge is 2.07. The van der Waals surface area contributed by atoms with E-state index < -0.39 is 0 Å². The van der Waals surface area contributed by atoms with Gasteiger partial charge in [-0.1, -0.05) is 33.8 Å². The normalized spacial score (nSPS) is 7.94. The summed E-state index contributed by atoms with van der Waals surface area (Å²) in [6, 6.07) is 3.61. The van der Waals surface area contributed by atoms with Crippen LogP contribution >= 0.6 is 0 Å². The number of aromatic nitrogens is 1. The van der Waals surface area contributed by atoms with E-state index in [0.29, 0.717) is 5.69 Å². The number of carbonyl (C=O) groups is 1. The van der Waals surface area contributed by atoms with Crippen LogP contribution < -0.4 is 0 Å². The van der Waals surface area contributed by atoms with Gasteiger partial charge in [-0.25, -0.2) is 0 Å². The van der Waals surface area contributed by atoms with Crippen LogP contribution in [0.4, 0.5) is 0 Å². The molecule has 0 aliphatic heterocycles. The predicted molar refractivity (Wildman–Crippen MR) is 69.7 cm³/mol. The Bertz CT molecular complexity index is 278. The largest absolute Gasteiger partial charge is 0.343 e. The minimum Gasteiger partial charge on any atom is -0.343 e. The summed E-state index contributed by atoms with van der Waals surface area (Å²) in [5.74, 6) is -0.0602. The predicted octanol–water partition coefficient (Wildman–Crippen LogP) is 3.14. The third-order valence-electron chi connectivity index (χ3n) is 1.54. The first-order valence-electron chi connectivity index (χ1n) is 5.75. The summed E-state index contributed by atoms with van der Waals surface area (Å²) in [5, 5.41) is 0. The summed E-state index contributed by atoms with van der Waals surface area (Å²) in [6.07, 6.45) is 1.69. The summed E-state index contributed by atoms with van der Waals surface area (Å²) >= 11 is 0. The molecule has 92 valence electrons. The summed E-state index contributed by atoms with van der Waals surface area (Å²) in [7, 11) is 3.42. The zero-order valence-corrected chi connectivity index (χ0v) is 11.5. The van der Waals surface area contributed by atoms with E-state index in [2.05, 4.69) is 4.98 Å². The molecule has 1 aromatic heterocycles. The maximum Gasteiger partial charge on any atom is 0.271 e. The van der Waals surface area contributed by atoms with E-state index in [9.17, 15) is 4.79 Å². The molecule has 1 amide bonds. The van der Waals surface area contributed by atoms with Crippen LogP contribution in [-0.4, -0.2) is 29.9 Å². The number of amides is 1. The quantitative estimate of drug-likeness (QED) is 0.734. The summed E-state index contributed by atoms with van der Waals surface area (Å²) in [4.78, 5) is 16.8. The van der Waals surface area contributed by atoms with Gasteiger partial charge in [0.25, 0.3) is 5.91 Å². The van der Waals surface area contributed by atoms with E-state index in [-0.39, 0.29) is 5.91 Å². The van der Waals surface area contributed by atoms with Crippen molar-refractivity contribution in [2.45, 2.75) is 34.6 Å². The topological polar surface area (TPSA) is 33.2 Å². The zero-order chi connectivity index (χ0) is 13.1. The number of pyridine rings is 1. The van der Waals surface area contributed by atoms with Crippen LogP contribution in [0.15, 0.2) is 18.3 Å². The van der Waals surface area contributed by atoms with Gasteiger partial charge in [0, 0.05) is 20.3 Å². The van der Waals surface area contributed by atoms with Crippen molar-refractivity contribution in [1.29, 1.82) is 0 Å². The first-order chi connectivity index (χ1) is 7.61. The standard InChI is InChI=1S/C9H12N2O.2C2H6/c1-7-4-5-8(10-6-7)9(12)11(2)3;2*1-2/h4-6H,1-3H3;2*1-2H3. The average molecular weight is 224 g/mol. The number of nitrogens with zero attached hydrogens (tertiary/aromatic N) is 2. The lowest BCUT2D eigenvalue weighted by atomic mass is 10.2. The molecule has 0 aliphatic carbocycles. The Balaban J connectivity index is 0. The van der Waals surface area contributed by atoms with Crippen LogP contribution in [0.5, 0.6) is 0 Å². The van der Waals surface area contributed by atoms with E-state index in [1.165, 1.54) is 4.90 Å². The van der Waals surface area contributed by atoms with Crippen LogP contribution in [0.2, 0.25) is 0 Å². The Morgan fingerprint density at radius 3 is 1.94 bits per heavy atom. The molecule has 1 rings (SSSR count). The van der Waals surface area contributed by atoms with E-state index >= 15 is 0 Å². The Hall–Kier alpha value is -1.38. The van der Waals surface area contributed by atoms with Gasteiger partial charge in [0.05, 0.1) is 0 Å². The molecule has 0 N–H and O–H groups in total. The Labute approximate surface area is 99.5 Å². The zero-order valence-electron chi connectivity index (χ0n) is 11.5. The summed E-state index contributed by atoms with van der Waals surface area (Å²) in [5.41, 5.74) is 1.55. The lowest BCUT2D eigenvalue weighted by molar-refractivity contribution is 0.0822. The SMILES string of the molecule is CC.CC.Cc1ccc(C(=O)N(C)C)nc1. The molecule has 3 heteroatoms. The molecule has 0 aliphatic rings. The van der Waals surface area contributed by atoms with Gasteiger partial charge in [0.15, 0.2) is 0 Å². The second kappa shape index (κ2) is 10.1. The fourth-order valence-corrected chi connectivity index (χ4v) is 0.823. The van der Waals surface area contributed by atoms with Crippen molar-refractivity contribution in [2.24, 2.45) is 0 Å². The van der Waals surface area contributed by atoms with Crippen molar-refractivity contribution in [3.63, 3.8) is 0 Å². The maximum atomic E-state index is 11.3. The molecule has 0 aromatic carbocycles. The lowest BCUT2D eigenvalue weighted by Gasteiger charge is -2.08. The van der Waals surface area contributed by atoms with E-state index in [4.69, 9.17) is 0 Å². The smallest absolute Gasteiger partial charge is 0.271 e. The minimum absolute atomic E-state index is 0.0602. The van der Waals surface area contributed by atoms with E-state index in [1.807, 2.05) is 40.7 Å². The van der Waals surface area contributed by atoms with E-state index in [1.54, 1.807) is 26.4 Å². The van der Waals surface area contributed by atoms with Crippen LogP contribution in [0.25, 0.3) is 0 Å². The van der Waals surface area contributed by atoms with Crippen LogP contribution in [0, 0.1) is 6.92 Å². The van der Waals surface area contributed by atoms with Gasteiger partial charge in [0.2, 0.25) is 0 Å². The summed E-state index contributed by atoms with van der Waals surface area (Å²) in [6.45, 7) is 9.94. The van der Waals surface area contributed by atoms with Gasteiger partial charge in [-0.15, -0.1) is 0 Å². The van der Waals surface area contributed by atoms with Crippen LogP contribution in [-0.2, 0) is 0 Å². The molecule has 0 radical (unpaired) electrons. The molecular formula is C13H24N2O. The van der Waals surface area contributed by atoms with Crippen molar-refractivity contribution in [2.75, 3.05) is 14.1 Å². The molecule has 0 spiro atoms. The molecule has 1 aromatic rings. The molecule has 3 nitrogen and oxygen atoms in total. The summed E-state index contributed by atoms with van der Waals surface area (Å²) < 4.78 is 0. The monoisotopic (exact) mass is 224 g/mol. The Kier molecular flexibility index (Phi) is 10.8. The molecule has 0 atom stereocenters. The average Bonchev–Trinajstić information content (AvgIpc) is 2.34. The third-order valence-corrected chi connectivity index (χ3v) is 1.54. The molecular weight excluding hydrogens is 200 g/mol. The number of aryl methyl sites for hydroxylation is 1. The van der Waals surface area contributed by atoms with Crippen molar-refractivity contribution < 1.29 is 4.79 Å². The molecule has 0 saturated heterocycles. The van der Waals surface area contributed by atoms with Crippen molar-refractivity contribution in [1.82, 2.24) is 9.88 Å².